The first-order chi connectivity index (χ1) is 9.65. The molecule has 0 atom stereocenters. The number of fused-ring (bicyclic) bond motifs is 1. The Morgan fingerprint density at radius 2 is 2.05 bits per heavy atom. The number of thioether (sulfide) groups is 1. The lowest BCUT2D eigenvalue weighted by Crippen LogP contribution is -2.37. The highest BCUT2D eigenvalue weighted by molar-refractivity contribution is 7.99. The Kier molecular flexibility index (Phi) is 4.23. The molecule has 0 spiro atoms. The van der Waals surface area contributed by atoms with Gasteiger partial charge in [0.2, 0.25) is 10.0 Å². The molecule has 0 radical (unpaired) electrons. The molecule has 1 saturated heterocycles. The van der Waals surface area contributed by atoms with Crippen molar-refractivity contribution in [2.75, 3.05) is 23.4 Å². The van der Waals surface area contributed by atoms with Crippen LogP contribution in [0.4, 0.5) is 5.69 Å². The average molecular weight is 312 g/mol. The van der Waals surface area contributed by atoms with E-state index in [2.05, 4.69) is 10.0 Å². The molecule has 20 heavy (non-hydrogen) atoms. The van der Waals surface area contributed by atoms with Crippen LogP contribution in [0, 0.1) is 0 Å². The first kappa shape index (κ1) is 14.2. The highest BCUT2D eigenvalue weighted by Crippen LogP contribution is 2.26. The van der Waals surface area contributed by atoms with Crippen LogP contribution < -0.4 is 10.0 Å². The molecule has 1 aromatic rings. The van der Waals surface area contributed by atoms with Gasteiger partial charge in [0.1, 0.15) is 0 Å². The van der Waals surface area contributed by atoms with Crippen molar-refractivity contribution in [2.45, 2.75) is 36.6 Å². The Morgan fingerprint density at radius 1 is 1.25 bits per heavy atom. The van der Waals surface area contributed by atoms with Gasteiger partial charge in [-0.15, -0.1) is 0 Å². The van der Waals surface area contributed by atoms with Crippen molar-refractivity contribution >= 4 is 27.5 Å². The highest BCUT2D eigenvalue weighted by Gasteiger charge is 2.23. The van der Waals surface area contributed by atoms with Crippen LogP contribution in [0.15, 0.2) is 23.1 Å². The van der Waals surface area contributed by atoms with E-state index >= 15 is 0 Å². The smallest absolute Gasteiger partial charge is 0.240 e. The van der Waals surface area contributed by atoms with Crippen molar-refractivity contribution < 1.29 is 8.42 Å². The van der Waals surface area contributed by atoms with E-state index in [-0.39, 0.29) is 6.04 Å². The summed E-state index contributed by atoms with van der Waals surface area (Å²) in [4.78, 5) is 0.379. The van der Waals surface area contributed by atoms with Crippen molar-refractivity contribution in [2.24, 2.45) is 0 Å². The summed E-state index contributed by atoms with van der Waals surface area (Å²) < 4.78 is 27.7. The molecule has 2 N–H and O–H groups in total. The Morgan fingerprint density at radius 3 is 2.85 bits per heavy atom. The number of rotatable bonds is 3. The van der Waals surface area contributed by atoms with Crippen LogP contribution in [0.1, 0.15) is 24.8 Å². The summed E-state index contributed by atoms with van der Waals surface area (Å²) >= 11 is 1.89. The van der Waals surface area contributed by atoms with Gasteiger partial charge >= 0.3 is 0 Å². The van der Waals surface area contributed by atoms with E-state index in [0.717, 1.165) is 49.4 Å². The SMILES string of the molecule is O=S(=O)(NC1CCSCC1)c1ccc2c(c1)NCCC2. The number of nitrogens with one attached hydrogen (secondary N) is 2. The second kappa shape index (κ2) is 5.95. The van der Waals surface area contributed by atoms with Crippen LogP contribution in [-0.2, 0) is 16.4 Å². The number of aryl methyl sites for hydroxylation is 1. The molecule has 6 heteroatoms. The molecule has 4 nitrogen and oxygen atoms in total. The maximum atomic E-state index is 12.4. The largest absolute Gasteiger partial charge is 0.385 e. The number of hydrogen-bond acceptors (Lipinski definition) is 4. The summed E-state index contributed by atoms with van der Waals surface area (Å²) in [6.45, 7) is 0.920. The van der Waals surface area contributed by atoms with Gasteiger partial charge < -0.3 is 5.32 Å². The molecule has 110 valence electrons. The fraction of sp³-hybridized carbons (Fsp3) is 0.571. The minimum absolute atomic E-state index is 0.0882. The summed E-state index contributed by atoms with van der Waals surface area (Å²) in [5.41, 5.74) is 2.18. The number of sulfonamides is 1. The van der Waals surface area contributed by atoms with E-state index in [4.69, 9.17) is 0 Å². The Labute approximate surface area is 124 Å². The minimum atomic E-state index is -3.39. The standard InChI is InChI=1S/C14H20N2O2S2/c17-20(18,16-12-5-8-19-9-6-12)13-4-3-11-2-1-7-15-14(11)10-13/h3-4,10,12,15-16H,1-2,5-9H2. The lowest BCUT2D eigenvalue weighted by atomic mass is 10.0. The first-order valence-electron chi connectivity index (χ1n) is 7.12. The maximum Gasteiger partial charge on any atom is 0.240 e. The van der Waals surface area contributed by atoms with E-state index in [1.54, 1.807) is 12.1 Å². The fourth-order valence-electron chi connectivity index (χ4n) is 2.71. The molecular weight excluding hydrogens is 292 g/mol. The van der Waals surface area contributed by atoms with Gasteiger partial charge in [0.25, 0.3) is 0 Å². The number of anilines is 1. The molecule has 0 aromatic heterocycles. The molecule has 2 heterocycles. The Hall–Kier alpha value is -0.720. The third-order valence-corrected chi connectivity index (χ3v) is 6.44. The van der Waals surface area contributed by atoms with Crippen LogP contribution in [-0.4, -0.2) is 32.5 Å². The zero-order valence-electron chi connectivity index (χ0n) is 11.4. The van der Waals surface area contributed by atoms with Gasteiger partial charge in [0.15, 0.2) is 0 Å². The molecule has 0 bridgehead atoms. The molecule has 1 aromatic carbocycles. The van der Waals surface area contributed by atoms with Gasteiger partial charge in [0, 0.05) is 18.3 Å². The summed E-state index contributed by atoms with van der Waals surface area (Å²) in [6, 6.07) is 5.53. The molecule has 0 saturated carbocycles. The third-order valence-electron chi connectivity index (χ3n) is 3.87. The quantitative estimate of drug-likeness (QED) is 0.898. The zero-order chi connectivity index (χ0) is 14.0. The predicted molar refractivity (Wildman–Crippen MR) is 83.9 cm³/mol. The maximum absolute atomic E-state index is 12.4. The van der Waals surface area contributed by atoms with E-state index in [9.17, 15) is 8.42 Å². The molecule has 0 aliphatic carbocycles. The van der Waals surface area contributed by atoms with Gasteiger partial charge in [-0.2, -0.15) is 11.8 Å². The Balaban J connectivity index is 1.79. The van der Waals surface area contributed by atoms with Crippen LogP contribution in [0.2, 0.25) is 0 Å². The summed E-state index contributed by atoms with van der Waals surface area (Å²) in [6.07, 6.45) is 3.98. The normalized spacial score (nSPS) is 20.2. The van der Waals surface area contributed by atoms with Gasteiger partial charge in [-0.3, -0.25) is 0 Å². The van der Waals surface area contributed by atoms with Crippen molar-refractivity contribution in [3.63, 3.8) is 0 Å². The summed E-state index contributed by atoms with van der Waals surface area (Å²) in [5, 5.41) is 3.28. The summed E-state index contributed by atoms with van der Waals surface area (Å²) in [7, 11) is -3.39. The molecule has 0 unspecified atom stereocenters. The second-order valence-electron chi connectivity index (χ2n) is 5.36. The van der Waals surface area contributed by atoms with E-state index in [0.29, 0.717) is 4.90 Å². The van der Waals surface area contributed by atoms with Gasteiger partial charge in [0.05, 0.1) is 4.90 Å². The molecule has 3 rings (SSSR count). The molecule has 1 fully saturated rings. The minimum Gasteiger partial charge on any atom is -0.385 e. The summed E-state index contributed by atoms with van der Waals surface area (Å²) in [5.74, 6) is 2.08. The van der Waals surface area contributed by atoms with Gasteiger partial charge in [-0.05, 0) is 54.9 Å². The predicted octanol–water partition coefficient (Wildman–Crippen LogP) is 2.22. The molecule has 0 amide bonds. The van der Waals surface area contributed by atoms with Crippen molar-refractivity contribution in [3.8, 4) is 0 Å². The fourth-order valence-corrected chi connectivity index (χ4v) is 5.15. The monoisotopic (exact) mass is 312 g/mol. The first-order valence-corrected chi connectivity index (χ1v) is 9.76. The van der Waals surface area contributed by atoms with E-state index in [1.807, 2.05) is 17.8 Å². The number of benzene rings is 1. The number of hydrogen-bond donors (Lipinski definition) is 2. The van der Waals surface area contributed by atoms with E-state index < -0.39 is 10.0 Å². The van der Waals surface area contributed by atoms with Crippen LogP contribution in [0.3, 0.4) is 0 Å². The van der Waals surface area contributed by atoms with Crippen molar-refractivity contribution in [1.29, 1.82) is 0 Å². The Bertz CT molecular complexity index is 581. The van der Waals surface area contributed by atoms with Gasteiger partial charge in [-0.1, -0.05) is 6.07 Å². The van der Waals surface area contributed by atoms with Crippen LogP contribution in [0.5, 0.6) is 0 Å². The topological polar surface area (TPSA) is 58.2 Å². The van der Waals surface area contributed by atoms with Gasteiger partial charge in [-0.25, -0.2) is 13.1 Å². The van der Waals surface area contributed by atoms with Crippen LogP contribution >= 0.6 is 11.8 Å². The lowest BCUT2D eigenvalue weighted by Gasteiger charge is -2.23. The molecular formula is C14H20N2O2S2. The second-order valence-corrected chi connectivity index (χ2v) is 8.30. The average Bonchev–Trinajstić information content (AvgIpc) is 2.47. The molecule has 2 aliphatic rings. The highest BCUT2D eigenvalue weighted by atomic mass is 32.2. The molecule has 2 aliphatic heterocycles. The van der Waals surface area contributed by atoms with Crippen molar-refractivity contribution in [3.05, 3.63) is 23.8 Å². The van der Waals surface area contributed by atoms with Crippen molar-refractivity contribution in [1.82, 2.24) is 4.72 Å². The zero-order valence-corrected chi connectivity index (χ0v) is 13.0. The van der Waals surface area contributed by atoms with Crippen LogP contribution in [0.25, 0.3) is 0 Å². The van der Waals surface area contributed by atoms with E-state index in [1.165, 1.54) is 5.56 Å². The lowest BCUT2D eigenvalue weighted by molar-refractivity contribution is 0.529. The third kappa shape index (κ3) is 3.13.